The smallest absolute Gasteiger partial charge is 0.245 e. The second kappa shape index (κ2) is 36.0. The van der Waals surface area contributed by atoms with Crippen LogP contribution in [0.15, 0.2) is 85.1 Å². The van der Waals surface area contributed by atoms with Gasteiger partial charge in [0.2, 0.25) is 59.1 Å². The Labute approximate surface area is 524 Å². The summed E-state index contributed by atoms with van der Waals surface area (Å²) >= 11 is 5.07. The largest absolute Gasteiger partial charge is 0.508 e. The highest BCUT2D eigenvalue weighted by atomic mass is 32.2. The second-order valence-corrected chi connectivity index (χ2v) is 23.1. The molecule has 1 fully saturated rings. The van der Waals surface area contributed by atoms with Crippen LogP contribution in [0.25, 0.3) is 10.9 Å². The van der Waals surface area contributed by atoms with Crippen LogP contribution in [-0.2, 0) is 67.2 Å². The summed E-state index contributed by atoms with van der Waals surface area (Å²) in [5.41, 5.74) is 14.2. The molecule has 0 unspecified atom stereocenters. The molecule has 28 nitrogen and oxygen atoms in total. The van der Waals surface area contributed by atoms with Crippen molar-refractivity contribution < 1.29 is 73.5 Å². The van der Waals surface area contributed by atoms with Gasteiger partial charge in [-0.1, -0.05) is 60.7 Å². The molecule has 2 heterocycles. The Morgan fingerprint density at radius 3 is 1.90 bits per heavy atom. The van der Waals surface area contributed by atoms with Crippen molar-refractivity contribution in [3.05, 3.63) is 102 Å². The van der Waals surface area contributed by atoms with Gasteiger partial charge in [-0.05, 0) is 86.7 Å². The number of thioether (sulfide) groups is 1. The fraction of sp³-hybridized carbons (Fsp3) is 0.492. The number of carbonyl (C=O) groups excluding carboxylic acids is 10. The SMILES string of the molecule is C[C@@H](O)[C@@H]1NC(=O)[C@H](CCCCN)NC(=O)[C@@H](Cc2c[nH]c3ccccc23)NC(=O)[C@H](Cc2ccc(O)cc2)NC(=O)[C@H](CCSCC(=O)NC[C@H](N)C(=O)N[C@@H](CO)C(=O)N[C@@H](CS)C(=O)N[C@H](CO)[C@@H](C)O)N(C)C(=O)[C@H](Cc2ccccc2)NC1=O. The summed E-state index contributed by atoms with van der Waals surface area (Å²) in [6.45, 7) is 0.838. The van der Waals surface area contributed by atoms with Crippen LogP contribution >= 0.6 is 24.4 Å². The third-order valence-corrected chi connectivity index (χ3v) is 16.1. The molecule has 1 aromatic heterocycles. The maximum atomic E-state index is 15.1. The summed E-state index contributed by atoms with van der Waals surface area (Å²) in [5, 5.41) is 74.2. The molecule has 4 aromatic rings. The zero-order valence-corrected chi connectivity index (χ0v) is 51.4. The maximum Gasteiger partial charge on any atom is 0.245 e. The number of rotatable bonds is 28. The number of unbranched alkanes of at least 4 members (excludes halogenated alkanes) is 1. The van der Waals surface area contributed by atoms with Gasteiger partial charge in [0, 0.05) is 55.7 Å². The number of nitrogens with two attached hydrogens (primary N) is 2. The van der Waals surface area contributed by atoms with E-state index in [-0.39, 0.29) is 61.7 Å². The molecule has 1 aliphatic heterocycles. The van der Waals surface area contributed by atoms with E-state index >= 15 is 9.59 Å². The molecular formula is C59H83N13O15S2. The first kappa shape index (κ1) is 71.9. The van der Waals surface area contributed by atoms with Crippen LogP contribution in [0.2, 0.25) is 0 Å². The average Bonchev–Trinajstić information content (AvgIpc) is 3.55. The number of likely N-dealkylation sites (N-methyl/N-ethyl adjacent to an activating group) is 1. The predicted molar refractivity (Wildman–Crippen MR) is 333 cm³/mol. The number of aromatic hydroxyl groups is 1. The van der Waals surface area contributed by atoms with Gasteiger partial charge >= 0.3 is 0 Å². The van der Waals surface area contributed by atoms with Gasteiger partial charge in [-0.3, -0.25) is 47.9 Å². The van der Waals surface area contributed by atoms with Crippen molar-refractivity contribution in [3.8, 4) is 5.75 Å². The molecule has 0 spiro atoms. The van der Waals surface area contributed by atoms with Gasteiger partial charge < -0.3 is 94.7 Å². The Hall–Kier alpha value is -7.84. The van der Waals surface area contributed by atoms with E-state index in [9.17, 15) is 63.9 Å². The van der Waals surface area contributed by atoms with E-state index in [2.05, 4.69) is 65.5 Å². The number of hydrogen-bond acceptors (Lipinski definition) is 19. The Kier molecular flexibility index (Phi) is 29.1. The van der Waals surface area contributed by atoms with Gasteiger partial charge in [0.15, 0.2) is 0 Å². The number of aromatic amines is 1. The molecule has 0 aliphatic carbocycles. The van der Waals surface area contributed by atoms with Gasteiger partial charge in [0.25, 0.3) is 0 Å². The lowest BCUT2D eigenvalue weighted by Crippen LogP contribution is -2.63. The molecule has 19 N–H and O–H groups in total. The molecule has 0 radical (unpaired) electrons. The van der Waals surface area contributed by atoms with E-state index in [0.717, 1.165) is 27.6 Å². The number of fused-ring (bicyclic) bond motifs is 1. The molecule has 3 aromatic carbocycles. The van der Waals surface area contributed by atoms with Gasteiger partial charge in [0.1, 0.15) is 60.1 Å². The highest BCUT2D eigenvalue weighted by molar-refractivity contribution is 7.99. The number of aliphatic hydroxyl groups is 4. The van der Waals surface area contributed by atoms with Gasteiger partial charge in [-0.2, -0.15) is 24.4 Å². The lowest BCUT2D eigenvalue weighted by Gasteiger charge is -2.33. The number of aromatic nitrogens is 1. The third-order valence-electron chi connectivity index (χ3n) is 14.8. The Balaban J connectivity index is 1.43. The number of thiol groups is 1. The molecule has 486 valence electrons. The standard InChI is InChI=1S/C59H83N13O15S2/c1-32(75)45(28-73)68-56(84)47(30-88)70-55(83)46(29-74)69-51(79)39(61)27-63-49(78)31-89-22-20-48-57(85)66-42(23-35-16-18-37(77)19-17-35)53(81)65-43(25-36-26-62-40-14-8-7-13-38(36)40)54(82)64-41(15-9-10-21-60)52(80)71-50(33(2)76)58(86)67-44(59(87)72(48)3)24-34-11-5-4-6-12-34/h4-8,11-14,16-19,26,32-33,39,41-48,50,62,73-77,88H,9-10,15,20-25,27-31,60-61H2,1-3H3,(H,63,78)(H,64,82)(H,65,81)(H,66,85)(H,67,86)(H,68,84)(H,69,79)(H,70,83)(H,71,80)/t32-,33-,39+,41+,42+,43-,44+,45-,46+,47+,48+,50+/m1/s1. The normalized spacial score (nSPS) is 21.0. The predicted octanol–water partition coefficient (Wildman–Crippen LogP) is -4.01. The molecule has 10 amide bonds. The molecule has 0 saturated carbocycles. The first-order valence-corrected chi connectivity index (χ1v) is 30.8. The van der Waals surface area contributed by atoms with Gasteiger partial charge in [0.05, 0.1) is 37.2 Å². The van der Waals surface area contributed by atoms with Gasteiger partial charge in [-0.25, -0.2) is 0 Å². The number of amides is 10. The monoisotopic (exact) mass is 1280 g/mol. The van der Waals surface area contributed by atoms with Crippen LogP contribution in [0, 0.1) is 0 Å². The van der Waals surface area contributed by atoms with Crippen molar-refractivity contribution in [2.24, 2.45) is 11.5 Å². The molecule has 1 saturated heterocycles. The summed E-state index contributed by atoms with van der Waals surface area (Å²) in [7, 11) is 1.31. The van der Waals surface area contributed by atoms with E-state index in [1.807, 2.05) is 18.2 Å². The molecule has 30 heteroatoms. The number of phenolic OH excluding ortho intramolecular Hbond substituents is 1. The first-order chi connectivity index (χ1) is 42.5. The number of hydrogen-bond donors (Lipinski definition) is 18. The zero-order chi connectivity index (χ0) is 65.3. The number of benzene rings is 3. The van der Waals surface area contributed by atoms with E-state index in [1.54, 1.807) is 42.6 Å². The molecule has 0 bridgehead atoms. The number of phenols is 1. The average molecular weight is 1280 g/mol. The molecule has 12 atom stereocenters. The van der Waals surface area contributed by atoms with Crippen molar-refractivity contribution in [2.75, 3.05) is 50.6 Å². The van der Waals surface area contributed by atoms with E-state index in [1.165, 1.54) is 45.2 Å². The number of H-pyrrole nitrogens is 1. The fourth-order valence-corrected chi connectivity index (χ4v) is 10.6. The molecular weight excluding hydrogens is 1190 g/mol. The van der Waals surface area contributed by atoms with Gasteiger partial charge in [-0.15, -0.1) is 0 Å². The van der Waals surface area contributed by atoms with Crippen molar-refractivity contribution in [1.82, 2.24) is 57.7 Å². The highest BCUT2D eigenvalue weighted by Gasteiger charge is 2.39. The Morgan fingerprint density at radius 1 is 0.674 bits per heavy atom. The number of nitrogens with one attached hydrogen (secondary N) is 10. The minimum atomic E-state index is -1.69. The Bertz CT molecular complexity index is 3030. The first-order valence-electron chi connectivity index (χ1n) is 29.0. The third kappa shape index (κ3) is 22.0. The number of aliphatic hydroxyl groups excluding tert-OH is 4. The van der Waals surface area contributed by atoms with Crippen molar-refractivity contribution in [3.63, 3.8) is 0 Å². The fourth-order valence-electron chi connectivity index (χ4n) is 9.52. The zero-order valence-electron chi connectivity index (χ0n) is 49.7. The van der Waals surface area contributed by atoms with Crippen LogP contribution in [0.5, 0.6) is 5.75 Å². The van der Waals surface area contributed by atoms with E-state index in [4.69, 9.17) is 11.5 Å². The molecule has 89 heavy (non-hydrogen) atoms. The lowest BCUT2D eigenvalue weighted by atomic mass is 10.00. The lowest BCUT2D eigenvalue weighted by molar-refractivity contribution is -0.143. The number of para-hydroxylation sites is 1. The summed E-state index contributed by atoms with van der Waals surface area (Å²) < 4.78 is 0. The highest BCUT2D eigenvalue weighted by Crippen LogP contribution is 2.21. The number of nitrogens with zero attached hydrogens (tertiary/aromatic N) is 1. The summed E-state index contributed by atoms with van der Waals surface area (Å²) in [6.07, 6.45) is -0.903. The van der Waals surface area contributed by atoms with E-state index in [0.29, 0.717) is 29.5 Å². The second-order valence-electron chi connectivity index (χ2n) is 21.6. The summed E-state index contributed by atoms with van der Waals surface area (Å²) in [5.74, 6) is -9.25. The van der Waals surface area contributed by atoms with Crippen LogP contribution in [0.1, 0.15) is 56.2 Å². The topological polar surface area (TPSA) is 451 Å². The minimum Gasteiger partial charge on any atom is -0.508 e. The van der Waals surface area contributed by atoms with Crippen molar-refractivity contribution in [1.29, 1.82) is 0 Å². The van der Waals surface area contributed by atoms with Crippen LogP contribution < -0.4 is 59.3 Å². The maximum absolute atomic E-state index is 15.1. The quantitative estimate of drug-likeness (QED) is 0.0190. The number of carbonyl (C=O) groups is 10. The summed E-state index contributed by atoms with van der Waals surface area (Å²) in [6, 6.07) is 7.32. The van der Waals surface area contributed by atoms with Crippen molar-refractivity contribution in [2.45, 2.75) is 131 Å². The van der Waals surface area contributed by atoms with Crippen molar-refractivity contribution >= 4 is 94.4 Å². The van der Waals surface area contributed by atoms with Crippen LogP contribution in [0.4, 0.5) is 0 Å². The summed E-state index contributed by atoms with van der Waals surface area (Å²) in [4.78, 5) is 145. The molecule has 1 aliphatic rings. The Morgan fingerprint density at radius 2 is 1.26 bits per heavy atom. The minimum absolute atomic E-state index is 0.0199. The molecule has 5 rings (SSSR count). The van der Waals surface area contributed by atoms with Crippen LogP contribution in [0.3, 0.4) is 0 Å². The van der Waals surface area contributed by atoms with Crippen LogP contribution in [-0.4, -0.2) is 218 Å². The van der Waals surface area contributed by atoms with E-state index < -0.39 is 151 Å².